The van der Waals surface area contributed by atoms with Crippen molar-refractivity contribution in [3.05, 3.63) is 99.7 Å². The van der Waals surface area contributed by atoms with Crippen LogP contribution in [0.5, 0.6) is 0 Å². The molecule has 0 aliphatic carbocycles. The molecule has 4 aromatic rings. The van der Waals surface area contributed by atoms with Crippen LogP contribution in [0.2, 0.25) is 5.02 Å². The van der Waals surface area contributed by atoms with Crippen molar-refractivity contribution in [3.8, 4) is 0 Å². The van der Waals surface area contributed by atoms with E-state index < -0.39 is 17.4 Å². The van der Waals surface area contributed by atoms with Gasteiger partial charge in [-0.2, -0.15) is 0 Å². The molecule has 0 fully saturated rings. The summed E-state index contributed by atoms with van der Waals surface area (Å²) in [7, 11) is 1.55. The number of pyridine rings is 1. The van der Waals surface area contributed by atoms with E-state index in [0.29, 0.717) is 21.6 Å². The maximum Gasteiger partial charge on any atom is 0.301 e. The Morgan fingerprint density at radius 3 is 2.41 bits per heavy atom. The molecule has 0 aliphatic heterocycles. The van der Waals surface area contributed by atoms with Crippen molar-refractivity contribution in [3.63, 3.8) is 0 Å². The molecule has 6 nitrogen and oxygen atoms in total. The summed E-state index contributed by atoms with van der Waals surface area (Å²) in [5.74, 6) is -1.17. The number of benzene rings is 2. The summed E-state index contributed by atoms with van der Waals surface area (Å²) in [4.78, 5) is 40.5. The van der Waals surface area contributed by atoms with E-state index in [1.807, 2.05) is 0 Å². The molecule has 29 heavy (non-hydrogen) atoms. The number of aromatic nitrogens is 1. The molecule has 144 valence electrons. The summed E-state index contributed by atoms with van der Waals surface area (Å²) in [6, 6.07) is 18.1. The van der Waals surface area contributed by atoms with Gasteiger partial charge in [-0.3, -0.25) is 14.4 Å². The Hall–Kier alpha value is -3.64. The van der Waals surface area contributed by atoms with Gasteiger partial charge in [0.25, 0.3) is 11.5 Å². The third kappa shape index (κ3) is 3.34. The van der Waals surface area contributed by atoms with Crippen molar-refractivity contribution in [2.75, 3.05) is 11.9 Å². The Morgan fingerprint density at radius 2 is 1.72 bits per heavy atom. The predicted octanol–water partition coefficient (Wildman–Crippen LogP) is 4.21. The monoisotopic (exact) mass is 406 g/mol. The number of rotatable bonds is 3. The van der Waals surface area contributed by atoms with Crippen molar-refractivity contribution in [1.82, 2.24) is 4.57 Å². The number of carbonyl (C=O) groups is 2. The molecule has 0 unspecified atom stereocenters. The lowest BCUT2D eigenvalue weighted by Crippen LogP contribution is -2.36. The molecular formula is C22H15ClN2O4. The van der Waals surface area contributed by atoms with Gasteiger partial charge in [0.2, 0.25) is 0 Å². The van der Waals surface area contributed by atoms with Gasteiger partial charge in [-0.1, -0.05) is 29.8 Å². The van der Waals surface area contributed by atoms with Gasteiger partial charge >= 0.3 is 5.91 Å². The third-order valence-electron chi connectivity index (χ3n) is 4.60. The van der Waals surface area contributed by atoms with E-state index in [4.69, 9.17) is 16.0 Å². The van der Waals surface area contributed by atoms with Crippen molar-refractivity contribution in [2.24, 2.45) is 0 Å². The lowest BCUT2D eigenvalue weighted by molar-refractivity contribution is 0.0933. The summed E-state index contributed by atoms with van der Waals surface area (Å²) in [5.41, 5.74) is 0.123. The molecule has 0 saturated carbocycles. The maximum atomic E-state index is 13.2. The molecule has 7 heteroatoms. The fourth-order valence-corrected chi connectivity index (χ4v) is 3.21. The minimum Gasteiger partial charge on any atom is -0.459 e. The molecule has 0 saturated heterocycles. The minimum absolute atomic E-state index is 0.00732. The summed E-state index contributed by atoms with van der Waals surface area (Å²) >= 11 is 5.90. The first-order valence-electron chi connectivity index (χ1n) is 8.74. The summed E-state index contributed by atoms with van der Waals surface area (Å²) in [6.07, 6.45) is 1.35. The van der Waals surface area contributed by atoms with Crippen LogP contribution in [0.1, 0.15) is 20.9 Å². The molecule has 2 aromatic heterocycles. The fraction of sp³-hybridized carbons (Fsp3) is 0.0455. The average Bonchev–Trinajstić information content (AvgIpc) is 3.27. The largest absolute Gasteiger partial charge is 0.459 e. The lowest BCUT2D eigenvalue weighted by atomic mass is 10.1. The van der Waals surface area contributed by atoms with Crippen molar-refractivity contribution in [2.45, 2.75) is 0 Å². The van der Waals surface area contributed by atoms with Gasteiger partial charge in [-0.05, 0) is 53.9 Å². The number of amides is 1. The van der Waals surface area contributed by atoms with E-state index >= 15 is 0 Å². The highest BCUT2D eigenvalue weighted by Gasteiger charge is 2.24. The first-order chi connectivity index (χ1) is 14.0. The molecule has 0 bridgehead atoms. The Bertz CT molecular complexity index is 1270. The number of halogens is 1. The standard InChI is InChI=1S/C22H15ClN2O4/c1-24(16-10-8-15(23)9-11-16)20(26)17-13-14-5-2-3-6-18(14)25(21(17)27)22(28)19-7-4-12-29-19/h2-13H,1H3. The van der Waals surface area contributed by atoms with Crippen LogP contribution in [0.25, 0.3) is 10.9 Å². The van der Waals surface area contributed by atoms with Crippen LogP contribution < -0.4 is 10.5 Å². The number of fused-ring (bicyclic) bond motifs is 1. The van der Waals surface area contributed by atoms with Crippen LogP contribution in [-0.4, -0.2) is 23.4 Å². The number of para-hydroxylation sites is 1. The summed E-state index contributed by atoms with van der Waals surface area (Å²) in [5, 5.41) is 1.12. The molecule has 2 heterocycles. The number of nitrogens with zero attached hydrogens (tertiary/aromatic N) is 2. The van der Waals surface area contributed by atoms with Gasteiger partial charge < -0.3 is 9.32 Å². The number of carbonyl (C=O) groups excluding carboxylic acids is 2. The zero-order valence-electron chi connectivity index (χ0n) is 15.3. The summed E-state index contributed by atoms with van der Waals surface area (Å²) < 4.78 is 6.13. The summed E-state index contributed by atoms with van der Waals surface area (Å²) in [6.45, 7) is 0. The van der Waals surface area contributed by atoms with Gasteiger partial charge in [-0.25, -0.2) is 4.57 Å². The third-order valence-corrected chi connectivity index (χ3v) is 4.85. The minimum atomic E-state index is -0.712. The van der Waals surface area contributed by atoms with E-state index in [1.165, 1.54) is 23.3 Å². The highest BCUT2D eigenvalue weighted by Crippen LogP contribution is 2.20. The molecule has 1 amide bonds. The Balaban J connectivity index is 1.88. The number of anilines is 1. The van der Waals surface area contributed by atoms with Gasteiger partial charge in [0, 0.05) is 17.8 Å². The molecule has 0 N–H and O–H groups in total. The molecule has 0 aliphatic rings. The molecule has 4 rings (SSSR count). The second kappa shape index (κ2) is 7.41. The predicted molar refractivity (Wildman–Crippen MR) is 111 cm³/mol. The highest BCUT2D eigenvalue weighted by atomic mass is 35.5. The van der Waals surface area contributed by atoms with Crippen LogP contribution >= 0.6 is 11.6 Å². The van der Waals surface area contributed by atoms with E-state index in [9.17, 15) is 14.4 Å². The van der Waals surface area contributed by atoms with E-state index in [-0.39, 0.29) is 11.3 Å². The molecule has 0 atom stereocenters. The number of furan rings is 1. The fourth-order valence-electron chi connectivity index (χ4n) is 3.09. The van der Waals surface area contributed by atoms with Crippen LogP contribution in [-0.2, 0) is 0 Å². The molecule has 0 radical (unpaired) electrons. The van der Waals surface area contributed by atoms with Crippen LogP contribution in [0, 0.1) is 0 Å². The molecule has 0 spiro atoms. The van der Waals surface area contributed by atoms with Crippen LogP contribution in [0.4, 0.5) is 5.69 Å². The van der Waals surface area contributed by atoms with E-state index in [2.05, 4.69) is 0 Å². The normalized spacial score (nSPS) is 10.8. The zero-order chi connectivity index (χ0) is 20.5. The van der Waals surface area contributed by atoms with Crippen molar-refractivity contribution >= 4 is 40.0 Å². The van der Waals surface area contributed by atoms with Crippen molar-refractivity contribution < 1.29 is 14.0 Å². The van der Waals surface area contributed by atoms with Gasteiger partial charge in [0.05, 0.1) is 11.8 Å². The molecular weight excluding hydrogens is 392 g/mol. The Kier molecular flexibility index (Phi) is 4.78. The van der Waals surface area contributed by atoms with Gasteiger partial charge in [0.1, 0.15) is 5.56 Å². The maximum absolute atomic E-state index is 13.2. The smallest absolute Gasteiger partial charge is 0.301 e. The van der Waals surface area contributed by atoms with E-state index in [1.54, 1.807) is 61.6 Å². The quantitative estimate of drug-likeness (QED) is 0.510. The topological polar surface area (TPSA) is 72.5 Å². The van der Waals surface area contributed by atoms with E-state index in [0.717, 1.165) is 4.57 Å². The van der Waals surface area contributed by atoms with Gasteiger partial charge in [0.15, 0.2) is 5.76 Å². The van der Waals surface area contributed by atoms with Gasteiger partial charge in [-0.15, -0.1) is 0 Å². The number of hydrogen-bond acceptors (Lipinski definition) is 4. The average molecular weight is 407 g/mol. The Labute approximate surface area is 170 Å². The lowest BCUT2D eigenvalue weighted by Gasteiger charge is -2.18. The SMILES string of the molecule is CN(C(=O)c1cc2ccccc2n(C(=O)c2ccco2)c1=O)c1ccc(Cl)cc1. The van der Waals surface area contributed by atoms with Crippen LogP contribution in [0.15, 0.2) is 82.2 Å². The van der Waals surface area contributed by atoms with Crippen LogP contribution in [0.3, 0.4) is 0 Å². The molecule has 2 aromatic carbocycles. The number of hydrogen-bond donors (Lipinski definition) is 0. The Morgan fingerprint density at radius 1 is 1.00 bits per heavy atom. The zero-order valence-corrected chi connectivity index (χ0v) is 16.1. The second-order valence-electron chi connectivity index (χ2n) is 6.38. The second-order valence-corrected chi connectivity index (χ2v) is 6.82. The first kappa shape index (κ1) is 18.7. The van der Waals surface area contributed by atoms with Crippen molar-refractivity contribution in [1.29, 1.82) is 0 Å². The highest BCUT2D eigenvalue weighted by molar-refractivity contribution is 6.30. The first-order valence-corrected chi connectivity index (χ1v) is 9.12.